The third-order valence-corrected chi connectivity index (χ3v) is 17.1. The van der Waals surface area contributed by atoms with Gasteiger partial charge in [-0.3, -0.25) is 4.79 Å². The summed E-state index contributed by atoms with van der Waals surface area (Å²) in [5, 5.41) is 120. The van der Waals surface area contributed by atoms with E-state index in [1.807, 2.05) is 6.08 Å². The molecule has 0 aliphatic carbocycles. The number of hydrogen-bond donors (Lipinski definition) is 12. The Bertz CT molecular complexity index is 1830. The Labute approximate surface area is 528 Å². The molecule has 3 aliphatic rings. The fraction of sp³-hybridized carbons (Fsp3) is 0.841. The summed E-state index contributed by atoms with van der Waals surface area (Å²) in [4.78, 5) is 13.4. The minimum atomic E-state index is -1.98. The van der Waals surface area contributed by atoms with Gasteiger partial charge in [0, 0.05) is 6.42 Å². The molecule has 17 unspecified atom stereocenters. The van der Waals surface area contributed by atoms with Gasteiger partial charge in [0.05, 0.1) is 38.6 Å². The van der Waals surface area contributed by atoms with Crippen molar-refractivity contribution in [1.82, 2.24) is 5.32 Å². The zero-order valence-electron chi connectivity index (χ0n) is 53.9. The van der Waals surface area contributed by atoms with E-state index in [9.17, 15) is 61.0 Å². The highest BCUT2D eigenvalue weighted by atomic mass is 16.8. The molecule has 3 saturated heterocycles. The van der Waals surface area contributed by atoms with E-state index < -0.39 is 124 Å². The number of rotatable bonds is 52. The van der Waals surface area contributed by atoms with Gasteiger partial charge in [-0.25, -0.2) is 0 Å². The van der Waals surface area contributed by atoms with Crippen molar-refractivity contribution >= 4 is 5.91 Å². The number of amides is 1. The molecule has 0 spiro atoms. The van der Waals surface area contributed by atoms with E-state index in [2.05, 4.69) is 67.8 Å². The van der Waals surface area contributed by atoms with Crippen molar-refractivity contribution in [2.24, 2.45) is 0 Å². The van der Waals surface area contributed by atoms with Crippen LogP contribution in [0.3, 0.4) is 0 Å². The first kappa shape index (κ1) is 79.7. The second kappa shape index (κ2) is 51.0. The third kappa shape index (κ3) is 32.9. The van der Waals surface area contributed by atoms with Crippen LogP contribution in [-0.2, 0) is 33.2 Å². The maximum absolute atomic E-state index is 13.4. The molecule has 19 heteroatoms. The maximum Gasteiger partial charge on any atom is 0.220 e. The lowest BCUT2D eigenvalue weighted by atomic mass is 9.96. The smallest absolute Gasteiger partial charge is 0.220 e. The normalized spacial score (nSPS) is 28.8. The molecule has 0 bridgehead atoms. The van der Waals surface area contributed by atoms with E-state index >= 15 is 0 Å². The molecule has 0 aromatic heterocycles. The van der Waals surface area contributed by atoms with Crippen LogP contribution >= 0.6 is 0 Å². The highest BCUT2D eigenvalue weighted by molar-refractivity contribution is 5.76. The van der Waals surface area contributed by atoms with Crippen LogP contribution in [0.5, 0.6) is 0 Å². The van der Waals surface area contributed by atoms with E-state index in [0.717, 1.165) is 70.6 Å². The van der Waals surface area contributed by atoms with Crippen LogP contribution in [0.15, 0.2) is 60.8 Å². The average Bonchev–Trinajstić information content (AvgIpc) is 2.57. The Balaban J connectivity index is 1.39. The first-order chi connectivity index (χ1) is 42.8. The first-order valence-electron chi connectivity index (χ1n) is 34.5. The lowest BCUT2D eigenvalue weighted by Gasteiger charge is -2.48. The third-order valence-electron chi connectivity index (χ3n) is 17.1. The summed E-state index contributed by atoms with van der Waals surface area (Å²) in [5.74, 6) is -0.276. The second-order valence-electron chi connectivity index (χ2n) is 24.6. The van der Waals surface area contributed by atoms with E-state index in [1.165, 1.54) is 141 Å². The zero-order chi connectivity index (χ0) is 64.0. The lowest BCUT2D eigenvalue weighted by molar-refractivity contribution is -0.379. The fourth-order valence-corrected chi connectivity index (χ4v) is 11.5. The van der Waals surface area contributed by atoms with Gasteiger partial charge >= 0.3 is 0 Å². The zero-order valence-corrected chi connectivity index (χ0v) is 53.9. The van der Waals surface area contributed by atoms with Gasteiger partial charge < -0.3 is 89.9 Å². The summed E-state index contributed by atoms with van der Waals surface area (Å²) < 4.78 is 34.3. The van der Waals surface area contributed by atoms with Crippen molar-refractivity contribution in [2.45, 2.75) is 343 Å². The number of hydrogen-bond acceptors (Lipinski definition) is 18. The molecular formula is C69H123NO18. The highest BCUT2D eigenvalue weighted by Crippen LogP contribution is 2.33. The van der Waals surface area contributed by atoms with Crippen LogP contribution in [0.2, 0.25) is 0 Å². The summed E-state index contributed by atoms with van der Waals surface area (Å²) in [6, 6.07) is -0.974. The highest BCUT2D eigenvalue weighted by Gasteiger charge is 2.53. The van der Waals surface area contributed by atoms with Gasteiger partial charge in [0.15, 0.2) is 18.9 Å². The molecule has 12 N–H and O–H groups in total. The van der Waals surface area contributed by atoms with Crippen LogP contribution in [0.1, 0.15) is 239 Å². The van der Waals surface area contributed by atoms with Crippen LogP contribution in [0.25, 0.3) is 0 Å². The van der Waals surface area contributed by atoms with Crippen molar-refractivity contribution in [1.29, 1.82) is 0 Å². The van der Waals surface area contributed by atoms with Crippen molar-refractivity contribution in [3.8, 4) is 0 Å². The molecule has 0 aromatic rings. The van der Waals surface area contributed by atoms with Gasteiger partial charge in [-0.1, -0.05) is 235 Å². The van der Waals surface area contributed by atoms with E-state index in [4.69, 9.17) is 28.4 Å². The van der Waals surface area contributed by atoms with Gasteiger partial charge in [-0.05, 0) is 57.8 Å². The molecule has 88 heavy (non-hydrogen) atoms. The monoisotopic (exact) mass is 1250 g/mol. The Morgan fingerprint density at radius 1 is 0.420 bits per heavy atom. The predicted octanol–water partition coefficient (Wildman–Crippen LogP) is 8.77. The molecule has 3 fully saturated rings. The molecule has 0 saturated carbocycles. The Morgan fingerprint density at radius 3 is 1.23 bits per heavy atom. The van der Waals surface area contributed by atoms with E-state index in [0.29, 0.717) is 6.42 Å². The molecule has 512 valence electrons. The summed E-state index contributed by atoms with van der Waals surface area (Å²) in [5.41, 5.74) is 0. The van der Waals surface area contributed by atoms with Crippen LogP contribution in [-0.4, -0.2) is 193 Å². The summed E-state index contributed by atoms with van der Waals surface area (Å²) in [7, 11) is 0. The average molecular weight is 1250 g/mol. The van der Waals surface area contributed by atoms with Gasteiger partial charge in [0.1, 0.15) is 73.2 Å². The Morgan fingerprint density at radius 2 is 0.784 bits per heavy atom. The molecular weight excluding hydrogens is 1130 g/mol. The van der Waals surface area contributed by atoms with Crippen LogP contribution in [0, 0.1) is 0 Å². The first-order valence-corrected chi connectivity index (χ1v) is 34.5. The minimum Gasteiger partial charge on any atom is -0.394 e. The number of unbranched alkanes of at least 4 members (excludes halogenated alkanes) is 28. The van der Waals surface area contributed by atoms with Gasteiger partial charge in [0.25, 0.3) is 0 Å². The number of ether oxygens (including phenoxy) is 6. The van der Waals surface area contributed by atoms with E-state index in [1.54, 1.807) is 6.08 Å². The number of aliphatic hydroxyl groups is 11. The lowest BCUT2D eigenvalue weighted by Crippen LogP contribution is -2.66. The van der Waals surface area contributed by atoms with Crippen LogP contribution in [0.4, 0.5) is 0 Å². The fourth-order valence-electron chi connectivity index (χ4n) is 11.5. The van der Waals surface area contributed by atoms with Crippen molar-refractivity contribution in [3.05, 3.63) is 60.8 Å². The summed E-state index contributed by atoms with van der Waals surface area (Å²) in [6.07, 6.45) is 34.9. The summed E-state index contributed by atoms with van der Waals surface area (Å²) >= 11 is 0. The minimum absolute atomic E-state index is 0.242. The Hall–Kier alpha value is -2.51. The van der Waals surface area contributed by atoms with Gasteiger partial charge in [0.2, 0.25) is 5.91 Å². The number of aliphatic hydroxyl groups excluding tert-OH is 11. The molecule has 19 nitrogen and oxygen atoms in total. The molecule has 0 radical (unpaired) electrons. The number of carbonyl (C=O) groups excluding carboxylic acids is 1. The molecule has 3 heterocycles. The largest absolute Gasteiger partial charge is 0.394 e. The standard InChI is InChI=1S/C69H123NO18/c1-3-5-7-9-11-13-15-17-19-20-21-22-23-24-25-26-27-28-29-30-31-32-33-35-37-39-41-43-45-47-57(75)70-52(53(74)46-44-42-40-38-36-34-18-16-14-12-10-8-6-4-2)51-83-67-63(81)60(78)65(55(49-72)85-67)88-69-64(82)61(79)66(56(50-73)86-69)87-68-62(80)59(77)58(76)54(48-71)84-68/h5,7,11,13,17,19,21-22,44,46,52-56,58-69,71-74,76-82H,3-4,6,8-10,12,14-16,18,20,23-43,45,47-51H2,1-2H3,(H,70,75)/b7-5-,13-11-,19-17-,22-21-,46-44+. The van der Waals surface area contributed by atoms with Crippen molar-refractivity contribution in [2.75, 3.05) is 26.4 Å². The molecule has 3 rings (SSSR count). The topological polar surface area (TPSA) is 307 Å². The molecule has 1 amide bonds. The Kier molecular flexibility index (Phi) is 46.2. The van der Waals surface area contributed by atoms with Crippen LogP contribution < -0.4 is 5.32 Å². The van der Waals surface area contributed by atoms with E-state index in [-0.39, 0.29) is 18.9 Å². The summed E-state index contributed by atoms with van der Waals surface area (Å²) in [6.45, 7) is 1.62. The SMILES string of the molecule is CC/C=C\C/C=C\C/C=C\C/C=C\CCCCCCCCCCCCCCCCCCC(=O)NC(COC1OC(CO)C(OC2OC(CO)C(OC3OC(CO)C(O)C(O)C3O)C(O)C2O)C(O)C1O)C(O)/C=C/CCCCCCCCCCCCCC. The number of nitrogens with one attached hydrogen (secondary N) is 1. The number of allylic oxidation sites excluding steroid dienone is 9. The predicted molar refractivity (Wildman–Crippen MR) is 342 cm³/mol. The number of carbonyl (C=O) groups is 1. The maximum atomic E-state index is 13.4. The van der Waals surface area contributed by atoms with Crippen molar-refractivity contribution in [3.63, 3.8) is 0 Å². The van der Waals surface area contributed by atoms with Crippen molar-refractivity contribution < 1.29 is 89.4 Å². The second-order valence-corrected chi connectivity index (χ2v) is 24.6. The molecule has 17 atom stereocenters. The molecule has 3 aliphatic heterocycles. The molecule has 0 aromatic carbocycles. The van der Waals surface area contributed by atoms with Gasteiger partial charge in [-0.2, -0.15) is 0 Å². The quantitative estimate of drug-likeness (QED) is 0.0200. The van der Waals surface area contributed by atoms with Gasteiger partial charge in [-0.15, -0.1) is 0 Å².